The summed E-state index contributed by atoms with van der Waals surface area (Å²) in [6.07, 6.45) is 0. The van der Waals surface area contributed by atoms with Crippen LogP contribution in [0.4, 0.5) is 0 Å². The lowest BCUT2D eigenvalue weighted by molar-refractivity contribution is 0.669. The van der Waals surface area contributed by atoms with E-state index in [9.17, 15) is 0 Å². The zero-order chi connectivity index (χ0) is 12.1. The molecule has 0 saturated heterocycles. The summed E-state index contributed by atoms with van der Waals surface area (Å²) in [6, 6.07) is 15.7. The summed E-state index contributed by atoms with van der Waals surface area (Å²) in [5, 5.41) is 2.65. The van der Waals surface area contributed by atoms with E-state index in [2.05, 4.69) is 4.98 Å². The van der Waals surface area contributed by atoms with Crippen molar-refractivity contribution < 1.29 is 4.42 Å². The predicted octanol–water partition coefficient (Wildman–Crippen LogP) is 4.79. The van der Waals surface area contributed by atoms with Crippen LogP contribution in [0.15, 0.2) is 52.9 Å². The summed E-state index contributed by atoms with van der Waals surface area (Å²) >= 11 is 6.14. The van der Waals surface area contributed by atoms with Gasteiger partial charge in [-0.3, -0.25) is 0 Å². The molecular formula is C15H8ClNO. The fourth-order valence-corrected chi connectivity index (χ4v) is 2.49. The average Bonchev–Trinajstić information content (AvgIpc) is 2.76. The Hall–Kier alpha value is -2.06. The molecule has 4 rings (SSSR count). The van der Waals surface area contributed by atoms with Crippen molar-refractivity contribution in [3.8, 4) is 0 Å². The minimum absolute atomic E-state index is 0.620. The molecule has 18 heavy (non-hydrogen) atoms. The first-order valence-corrected chi connectivity index (χ1v) is 6.07. The summed E-state index contributed by atoms with van der Waals surface area (Å²) in [5.74, 6) is 0. The van der Waals surface area contributed by atoms with E-state index in [1.807, 2.05) is 48.5 Å². The number of hydrogen-bond acceptors (Lipinski definition) is 2. The van der Waals surface area contributed by atoms with Gasteiger partial charge < -0.3 is 4.42 Å². The van der Waals surface area contributed by atoms with E-state index in [1.165, 1.54) is 0 Å². The van der Waals surface area contributed by atoms with Gasteiger partial charge >= 0.3 is 0 Å². The van der Waals surface area contributed by atoms with Crippen LogP contribution in [-0.4, -0.2) is 4.98 Å². The summed E-state index contributed by atoms with van der Waals surface area (Å²) in [7, 11) is 0. The normalized spacial score (nSPS) is 11.6. The van der Waals surface area contributed by atoms with Gasteiger partial charge in [0.2, 0.25) is 0 Å². The van der Waals surface area contributed by atoms with E-state index in [-0.39, 0.29) is 0 Å². The minimum Gasteiger partial charge on any atom is -0.453 e. The lowest BCUT2D eigenvalue weighted by Crippen LogP contribution is -1.78. The lowest BCUT2D eigenvalue weighted by Gasteiger charge is -1.95. The molecule has 2 heterocycles. The molecule has 0 amide bonds. The number of pyridine rings is 1. The number of rotatable bonds is 0. The Bertz CT molecular complexity index is 895. The first-order valence-electron chi connectivity index (χ1n) is 5.69. The highest BCUT2D eigenvalue weighted by atomic mass is 35.5. The first-order chi connectivity index (χ1) is 8.83. The fourth-order valence-electron chi connectivity index (χ4n) is 2.28. The maximum atomic E-state index is 6.14. The van der Waals surface area contributed by atoms with E-state index in [1.54, 1.807) is 0 Å². The van der Waals surface area contributed by atoms with Crippen LogP contribution in [0.25, 0.3) is 33.0 Å². The second-order valence-corrected chi connectivity index (χ2v) is 4.65. The van der Waals surface area contributed by atoms with Crippen LogP contribution >= 0.6 is 11.6 Å². The van der Waals surface area contributed by atoms with Gasteiger partial charge in [-0.2, -0.15) is 0 Å². The van der Waals surface area contributed by atoms with Crippen molar-refractivity contribution >= 4 is 44.6 Å². The number of furan rings is 1. The maximum absolute atomic E-state index is 6.14. The van der Waals surface area contributed by atoms with Crippen LogP contribution in [0.2, 0.25) is 5.02 Å². The van der Waals surface area contributed by atoms with Gasteiger partial charge in [-0.1, -0.05) is 35.9 Å². The second kappa shape index (κ2) is 3.47. The first kappa shape index (κ1) is 9.92. The third-order valence-corrected chi connectivity index (χ3v) is 3.42. The van der Waals surface area contributed by atoms with E-state index in [0.29, 0.717) is 10.6 Å². The number of halogens is 1. The number of hydrogen-bond donors (Lipinski definition) is 0. The Morgan fingerprint density at radius 1 is 1.00 bits per heavy atom. The number of benzene rings is 2. The molecule has 0 atom stereocenters. The lowest BCUT2D eigenvalue weighted by atomic mass is 10.2. The molecule has 2 aromatic carbocycles. The van der Waals surface area contributed by atoms with Crippen molar-refractivity contribution in [1.29, 1.82) is 0 Å². The molecule has 3 heteroatoms. The molecular weight excluding hydrogens is 246 g/mol. The smallest absolute Gasteiger partial charge is 0.155 e. The maximum Gasteiger partial charge on any atom is 0.155 e. The monoisotopic (exact) mass is 253 g/mol. The zero-order valence-corrected chi connectivity index (χ0v) is 10.1. The Kier molecular flexibility index (Phi) is 1.91. The van der Waals surface area contributed by atoms with Crippen molar-refractivity contribution in [3.63, 3.8) is 0 Å². The van der Waals surface area contributed by atoms with Crippen LogP contribution in [0.3, 0.4) is 0 Å². The molecule has 0 bridgehead atoms. The molecule has 86 valence electrons. The largest absolute Gasteiger partial charge is 0.453 e. The Balaban J connectivity index is 2.27. The number of nitrogens with zero attached hydrogens (tertiary/aromatic N) is 1. The van der Waals surface area contributed by atoms with Crippen LogP contribution in [0, 0.1) is 0 Å². The second-order valence-electron chi connectivity index (χ2n) is 4.25. The molecule has 0 aliphatic carbocycles. The number of aromatic nitrogens is 1. The zero-order valence-electron chi connectivity index (χ0n) is 9.35. The van der Waals surface area contributed by atoms with Crippen molar-refractivity contribution in [2.75, 3.05) is 0 Å². The topological polar surface area (TPSA) is 26.0 Å². The molecule has 2 nitrogen and oxygen atoms in total. The molecule has 0 N–H and O–H groups in total. The molecule has 0 unspecified atom stereocenters. The molecule has 0 saturated carbocycles. The Morgan fingerprint density at radius 2 is 1.89 bits per heavy atom. The van der Waals surface area contributed by atoms with Crippen LogP contribution in [-0.2, 0) is 0 Å². The van der Waals surface area contributed by atoms with Crippen LogP contribution < -0.4 is 0 Å². The Labute approximate surface area is 108 Å². The summed E-state index contributed by atoms with van der Waals surface area (Å²) in [5.41, 5.74) is 3.31. The number of para-hydroxylation sites is 2. The third-order valence-electron chi connectivity index (χ3n) is 3.12. The van der Waals surface area contributed by atoms with Gasteiger partial charge in [0, 0.05) is 10.8 Å². The summed E-state index contributed by atoms with van der Waals surface area (Å²) in [6.45, 7) is 0. The predicted molar refractivity (Wildman–Crippen MR) is 74.0 cm³/mol. The SMILES string of the molecule is Clc1cccc2c1oc1cc3ccccc3nc12. The molecule has 0 radical (unpaired) electrons. The molecule has 4 aromatic rings. The molecule has 0 spiro atoms. The van der Waals surface area contributed by atoms with Gasteiger partial charge in [-0.05, 0) is 24.3 Å². The number of fused-ring (bicyclic) bond motifs is 4. The van der Waals surface area contributed by atoms with E-state index < -0.39 is 0 Å². The van der Waals surface area contributed by atoms with Crippen molar-refractivity contribution in [2.24, 2.45) is 0 Å². The van der Waals surface area contributed by atoms with Gasteiger partial charge in [0.1, 0.15) is 5.52 Å². The molecule has 0 aliphatic heterocycles. The van der Waals surface area contributed by atoms with E-state index in [0.717, 1.165) is 27.4 Å². The summed E-state index contributed by atoms with van der Waals surface area (Å²) < 4.78 is 5.80. The van der Waals surface area contributed by atoms with Gasteiger partial charge in [0.05, 0.1) is 10.5 Å². The van der Waals surface area contributed by atoms with Crippen molar-refractivity contribution in [2.45, 2.75) is 0 Å². The van der Waals surface area contributed by atoms with E-state index >= 15 is 0 Å². The fraction of sp³-hybridized carbons (Fsp3) is 0. The van der Waals surface area contributed by atoms with Gasteiger partial charge in [-0.25, -0.2) is 4.98 Å². The van der Waals surface area contributed by atoms with Crippen LogP contribution in [0.1, 0.15) is 0 Å². The molecule has 0 aliphatic rings. The standard InChI is InChI=1S/C15H8ClNO/c16-11-6-3-5-10-14-13(18-15(10)11)8-9-4-1-2-7-12(9)17-14/h1-8H. The van der Waals surface area contributed by atoms with Gasteiger partial charge in [-0.15, -0.1) is 0 Å². The van der Waals surface area contributed by atoms with Gasteiger partial charge in [0.25, 0.3) is 0 Å². The quantitative estimate of drug-likeness (QED) is 0.450. The highest BCUT2D eigenvalue weighted by Crippen LogP contribution is 2.33. The van der Waals surface area contributed by atoms with Gasteiger partial charge in [0.15, 0.2) is 11.2 Å². The van der Waals surface area contributed by atoms with Crippen molar-refractivity contribution in [1.82, 2.24) is 4.98 Å². The molecule has 2 aromatic heterocycles. The minimum atomic E-state index is 0.620. The highest BCUT2D eigenvalue weighted by molar-refractivity contribution is 6.35. The van der Waals surface area contributed by atoms with E-state index in [4.69, 9.17) is 16.0 Å². The molecule has 0 fully saturated rings. The third kappa shape index (κ3) is 1.27. The van der Waals surface area contributed by atoms with Crippen molar-refractivity contribution in [3.05, 3.63) is 53.6 Å². The summed E-state index contributed by atoms with van der Waals surface area (Å²) in [4.78, 5) is 4.65. The Morgan fingerprint density at radius 3 is 2.83 bits per heavy atom. The average molecular weight is 254 g/mol. The highest BCUT2D eigenvalue weighted by Gasteiger charge is 2.11. The van der Waals surface area contributed by atoms with Crippen LogP contribution in [0.5, 0.6) is 0 Å².